The van der Waals surface area contributed by atoms with Crippen LogP contribution in [0.2, 0.25) is 0 Å². The Balaban J connectivity index is 2.78. The van der Waals surface area contributed by atoms with E-state index in [2.05, 4.69) is 4.74 Å². The Kier molecular flexibility index (Phi) is 4.47. The average molecular weight is 260 g/mol. The zero-order valence-corrected chi connectivity index (χ0v) is 9.58. The number of carbonyl (C=O) groups is 2. The fraction of sp³-hybridized carbons (Fsp3) is 0.333. The molecule has 0 aliphatic rings. The highest BCUT2D eigenvalue weighted by atomic mass is 19.4. The van der Waals surface area contributed by atoms with Crippen LogP contribution >= 0.6 is 0 Å². The molecule has 0 radical (unpaired) electrons. The van der Waals surface area contributed by atoms with Gasteiger partial charge in [0.1, 0.15) is 0 Å². The van der Waals surface area contributed by atoms with Gasteiger partial charge < -0.3 is 4.74 Å². The lowest BCUT2D eigenvalue weighted by Gasteiger charge is -2.07. The van der Waals surface area contributed by atoms with E-state index in [1.807, 2.05) is 0 Å². The van der Waals surface area contributed by atoms with Gasteiger partial charge >= 0.3 is 12.1 Å². The van der Waals surface area contributed by atoms with Crippen LogP contribution in [-0.4, -0.2) is 18.9 Å². The number of Topliss-reactive ketones (excluding diaryl/α,β-unsaturated/α-hetero) is 1. The molecule has 0 spiro atoms. The fourth-order valence-electron chi connectivity index (χ4n) is 1.33. The summed E-state index contributed by atoms with van der Waals surface area (Å²) in [5.74, 6) is -1.10. The van der Waals surface area contributed by atoms with Gasteiger partial charge in [0.25, 0.3) is 0 Å². The first-order chi connectivity index (χ1) is 8.34. The summed E-state index contributed by atoms with van der Waals surface area (Å²) >= 11 is 0. The Bertz CT molecular complexity index is 452. The maximum Gasteiger partial charge on any atom is 0.416 e. The number of alkyl halides is 3. The minimum atomic E-state index is -4.49. The third kappa shape index (κ3) is 3.87. The number of carbonyl (C=O) groups excluding carboxylic acids is 2. The molecule has 0 fully saturated rings. The molecular weight excluding hydrogens is 249 g/mol. The van der Waals surface area contributed by atoms with Crippen molar-refractivity contribution >= 4 is 11.8 Å². The quantitative estimate of drug-likeness (QED) is 0.617. The molecule has 1 aromatic carbocycles. The fourth-order valence-corrected chi connectivity index (χ4v) is 1.33. The molecule has 0 amide bonds. The Morgan fingerprint density at radius 2 is 1.89 bits per heavy atom. The number of benzene rings is 1. The number of hydrogen-bond acceptors (Lipinski definition) is 3. The van der Waals surface area contributed by atoms with E-state index in [0.29, 0.717) is 0 Å². The molecule has 6 heteroatoms. The van der Waals surface area contributed by atoms with Gasteiger partial charge in [-0.3, -0.25) is 9.59 Å². The first kappa shape index (κ1) is 14.2. The van der Waals surface area contributed by atoms with E-state index in [1.54, 1.807) is 0 Å². The minimum absolute atomic E-state index is 0.0614. The standard InChI is InChI=1S/C12H11F3O3/c1-18-11(17)6-5-10(16)8-3-2-4-9(7-8)12(13,14)15/h2-4,7H,5-6H2,1H3. The van der Waals surface area contributed by atoms with Gasteiger partial charge in [0.2, 0.25) is 0 Å². The lowest BCUT2D eigenvalue weighted by molar-refractivity contribution is -0.140. The van der Waals surface area contributed by atoms with Crippen LogP contribution in [0.15, 0.2) is 24.3 Å². The molecule has 0 atom stereocenters. The van der Waals surface area contributed by atoms with Crippen molar-refractivity contribution in [2.45, 2.75) is 19.0 Å². The summed E-state index contributed by atoms with van der Waals surface area (Å²) in [5, 5.41) is 0. The van der Waals surface area contributed by atoms with Gasteiger partial charge in [-0.1, -0.05) is 12.1 Å². The third-order valence-electron chi connectivity index (χ3n) is 2.30. The SMILES string of the molecule is COC(=O)CCC(=O)c1cccc(C(F)(F)F)c1. The van der Waals surface area contributed by atoms with Crippen molar-refractivity contribution in [1.29, 1.82) is 0 Å². The second-order valence-corrected chi connectivity index (χ2v) is 3.58. The highest BCUT2D eigenvalue weighted by Crippen LogP contribution is 2.29. The molecule has 0 aromatic heterocycles. The molecular formula is C12H11F3O3. The molecule has 0 heterocycles. The van der Waals surface area contributed by atoms with Crippen LogP contribution in [0, 0.1) is 0 Å². The summed E-state index contributed by atoms with van der Waals surface area (Å²) in [6, 6.07) is 4.11. The van der Waals surface area contributed by atoms with E-state index in [9.17, 15) is 22.8 Å². The molecule has 1 rings (SSSR count). The Hall–Kier alpha value is -1.85. The van der Waals surface area contributed by atoms with Gasteiger partial charge in [-0.05, 0) is 12.1 Å². The second-order valence-electron chi connectivity index (χ2n) is 3.58. The number of methoxy groups -OCH3 is 1. The van der Waals surface area contributed by atoms with E-state index in [4.69, 9.17) is 0 Å². The minimum Gasteiger partial charge on any atom is -0.469 e. The molecule has 0 unspecified atom stereocenters. The predicted octanol–water partition coefficient (Wildman–Crippen LogP) is 2.84. The van der Waals surface area contributed by atoms with Crippen molar-refractivity contribution in [3.8, 4) is 0 Å². The lowest BCUT2D eigenvalue weighted by atomic mass is 10.0. The topological polar surface area (TPSA) is 43.4 Å². The van der Waals surface area contributed by atoms with Crippen LogP contribution in [0.5, 0.6) is 0 Å². The van der Waals surface area contributed by atoms with Crippen LogP contribution in [0.3, 0.4) is 0 Å². The molecule has 1 aromatic rings. The van der Waals surface area contributed by atoms with Gasteiger partial charge in [-0.2, -0.15) is 13.2 Å². The maximum atomic E-state index is 12.4. The number of esters is 1. The predicted molar refractivity (Wildman–Crippen MR) is 57.0 cm³/mol. The van der Waals surface area contributed by atoms with E-state index < -0.39 is 23.5 Å². The highest BCUT2D eigenvalue weighted by Gasteiger charge is 2.30. The zero-order valence-electron chi connectivity index (χ0n) is 9.58. The Labute approximate surface area is 102 Å². The van der Waals surface area contributed by atoms with Crippen LogP contribution in [0.1, 0.15) is 28.8 Å². The molecule has 18 heavy (non-hydrogen) atoms. The van der Waals surface area contributed by atoms with Crippen LogP contribution in [-0.2, 0) is 15.7 Å². The van der Waals surface area contributed by atoms with Crippen molar-refractivity contribution < 1.29 is 27.5 Å². The molecule has 3 nitrogen and oxygen atoms in total. The molecule has 0 aliphatic heterocycles. The molecule has 0 saturated carbocycles. The first-order valence-electron chi connectivity index (χ1n) is 5.12. The van der Waals surface area contributed by atoms with Crippen LogP contribution in [0.25, 0.3) is 0 Å². The number of halogens is 3. The van der Waals surface area contributed by atoms with Crippen molar-refractivity contribution in [2.75, 3.05) is 7.11 Å². The monoisotopic (exact) mass is 260 g/mol. The van der Waals surface area contributed by atoms with Gasteiger partial charge in [0.05, 0.1) is 19.1 Å². The normalized spacial score (nSPS) is 11.1. The average Bonchev–Trinajstić information content (AvgIpc) is 2.34. The second kappa shape index (κ2) is 5.66. The van der Waals surface area contributed by atoms with E-state index in [0.717, 1.165) is 18.2 Å². The van der Waals surface area contributed by atoms with Crippen LogP contribution < -0.4 is 0 Å². The Morgan fingerprint density at radius 3 is 2.44 bits per heavy atom. The number of rotatable bonds is 4. The number of ketones is 1. The molecule has 0 saturated heterocycles. The zero-order chi connectivity index (χ0) is 13.8. The summed E-state index contributed by atoms with van der Waals surface area (Å²) in [6.45, 7) is 0. The summed E-state index contributed by atoms with van der Waals surface area (Å²) in [5.41, 5.74) is -0.944. The molecule has 98 valence electrons. The smallest absolute Gasteiger partial charge is 0.416 e. The van der Waals surface area contributed by atoms with Crippen LogP contribution in [0.4, 0.5) is 13.2 Å². The highest BCUT2D eigenvalue weighted by molar-refractivity contribution is 5.97. The van der Waals surface area contributed by atoms with Crippen molar-refractivity contribution in [2.24, 2.45) is 0 Å². The first-order valence-corrected chi connectivity index (χ1v) is 5.12. The van der Waals surface area contributed by atoms with Crippen molar-refractivity contribution in [3.05, 3.63) is 35.4 Å². The summed E-state index contributed by atoms with van der Waals surface area (Å²) in [6.07, 6.45) is -4.81. The van der Waals surface area contributed by atoms with E-state index in [1.165, 1.54) is 13.2 Å². The third-order valence-corrected chi connectivity index (χ3v) is 2.30. The summed E-state index contributed by atoms with van der Waals surface area (Å²) < 4.78 is 41.6. The Morgan fingerprint density at radius 1 is 1.22 bits per heavy atom. The number of ether oxygens (including phenoxy) is 1. The van der Waals surface area contributed by atoms with E-state index >= 15 is 0 Å². The molecule has 0 aliphatic carbocycles. The molecule has 0 bridgehead atoms. The van der Waals surface area contributed by atoms with Gasteiger partial charge in [0.15, 0.2) is 5.78 Å². The van der Waals surface area contributed by atoms with Gasteiger partial charge in [-0.25, -0.2) is 0 Å². The van der Waals surface area contributed by atoms with Gasteiger partial charge in [-0.15, -0.1) is 0 Å². The largest absolute Gasteiger partial charge is 0.469 e. The molecule has 0 N–H and O–H groups in total. The van der Waals surface area contributed by atoms with Gasteiger partial charge in [0, 0.05) is 12.0 Å². The van der Waals surface area contributed by atoms with E-state index in [-0.39, 0.29) is 18.4 Å². The van der Waals surface area contributed by atoms with Crippen molar-refractivity contribution in [1.82, 2.24) is 0 Å². The number of hydrogen-bond donors (Lipinski definition) is 0. The summed E-state index contributed by atoms with van der Waals surface area (Å²) in [4.78, 5) is 22.4. The summed E-state index contributed by atoms with van der Waals surface area (Å²) in [7, 11) is 1.18. The lowest BCUT2D eigenvalue weighted by Crippen LogP contribution is -2.09. The maximum absolute atomic E-state index is 12.4. The van der Waals surface area contributed by atoms with Crippen molar-refractivity contribution in [3.63, 3.8) is 0 Å².